The molecule has 3 aromatic rings. The van der Waals surface area contributed by atoms with Gasteiger partial charge in [0, 0.05) is 18.8 Å². The average molecular weight is 619 g/mol. The Bertz CT molecular complexity index is 1490. The van der Waals surface area contributed by atoms with Crippen LogP contribution in [0.1, 0.15) is 72.1 Å². The van der Waals surface area contributed by atoms with Gasteiger partial charge in [0.15, 0.2) is 5.78 Å². The van der Waals surface area contributed by atoms with E-state index in [-0.39, 0.29) is 28.7 Å². The third kappa shape index (κ3) is 4.89. The minimum absolute atomic E-state index is 0.0567. The van der Waals surface area contributed by atoms with Crippen LogP contribution in [0.15, 0.2) is 102 Å². The Hall–Kier alpha value is -3.28. The first-order chi connectivity index (χ1) is 21.8. The van der Waals surface area contributed by atoms with E-state index in [1.807, 2.05) is 6.92 Å². The maximum Gasteiger partial charge on any atom is 0.302 e. The van der Waals surface area contributed by atoms with Gasteiger partial charge < -0.3 is 9.16 Å². The van der Waals surface area contributed by atoms with E-state index in [0.717, 1.165) is 50.5 Å². The lowest BCUT2D eigenvalue weighted by Crippen LogP contribution is -2.71. The summed E-state index contributed by atoms with van der Waals surface area (Å²) in [5.41, 5.74) is 2.08. The number of hydrogen-bond donors (Lipinski definition) is 0. The first-order valence-corrected chi connectivity index (χ1v) is 18.9. The highest BCUT2D eigenvalue weighted by atomic mass is 28.4. The van der Waals surface area contributed by atoms with Crippen molar-refractivity contribution < 1.29 is 18.8 Å². The van der Waals surface area contributed by atoms with E-state index in [2.05, 4.69) is 97.9 Å². The lowest BCUT2D eigenvalue weighted by atomic mass is 9.46. The molecule has 0 radical (unpaired) electrons. The summed E-state index contributed by atoms with van der Waals surface area (Å²) in [6.07, 6.45) is 7.96. The number of carbonyl (C=O) groups is 2. The molecule has 4 nitrogen and oxygen atoms in total. The second-order valence-electron chi connectivity index (χ2n) is 14.4. The van der Waals surface area contributed by atoms with Crippen LogP contribution in [0, 0.1) is 28.6 Å². The molecule has 234 valence electrons. The maximum absolute atomic E-state index is 12.9. The van der Waals surface area contributed by atoms with Gasteiger partial charge >= 0.3 is 5.97 Å². The fourth-order valence-electron chi connectivity index (χ4n) is 10.3. The van der Waals surface area contributed by atoms with Crippen LogP contribution in [0.5, 0.6) is 0 Å². The summed E-state index contributed by atoms with van der Waals surface area (Å²) in [7, 11) is -2.84. The fourth-order valence-corrected chi connectivity index (χ4v) is 14.5. The maximum atomic E-state index is 12.9. The van der Waals surface area contributed by atoms with Gasteiger partial charge in [0.2, 0.25) is 0 Å². The molecule has 0 saturated heterocycles. The number of benzene rings is 3. The molecule has 6 atom stereocenters. The largest absolute Gasteiger partial charge is 0.465 e. The van der Waals surface area contributed by atoms with Gasteiger partial charge in [-0.2, -0.15) is 0 Å². The molecule has 4 aliphatic carbocycles. The third-order valence-electron chi connectivity index (χ3n) is 12.5. The summed E-state index contributed by atoms with van der Waals surface area (Å²) >= 11 is 0. The van der Waals surface area contributed by atoms with E-state index in [4.69, 9.17) is 9.16 Å². The number of fused-ring (bicyclic) bond motifs is 5. The minimum atomic E-state index is -2.84. The van der Waals surface area contributed by atoms with Crippen LogP contribution in [0.3, 0.4) is 0 Å². The first-order valence-electron chi connectivity index (χ1n) is 17.0. The topological polar surface area (TPSA) is 52.6 Å². The van der Waals surface area contributed by atoms with E-state index in [9.17, 15) is 9.59 Å². The number of hydrogen-bond acceptors (Lipinski definition) is 4. The highest BCUT2D eigenvalue weighted by molar-refractivity contribution is 7.07. The predicted octanol–water partition coefficient (Wildman–Crippen LogP) is 6.50. The van der Waals surface area contributed by atoms with Gasteiger partial charge in [-0.05, 0) is 96.2 Å². The van der Waals surface area contributed by atoms with Crippen molar-refractivity contribution in [3.8, 4) is 0 Å². The molecule has 3 aromatic carbocycles. The lowest BCUT2D eigenvalue weighted by molar-refractivity contribution is -0.150. The standard InChI is InChI=1S/C40H46O4Si/c1-28-34-20-19-33-35-21-22-38(39(35,3)25-23-36(33)40(34,26-24-37(28)42)27-43-29(2)41)44-45(30-13-7-4-8-14-30,31-15-9-5-10-16-31)32-17-11-6-12-18-32/h4-18,33,35-36,38H,19-27H2,1-3H3/t33-,35-,36+,38?,39-,40+/m0/s1. The minimum Gasteiger partial charge on any atom is -0.465 e. The molecule has 5 heteroatoms. The van der Waals surface area contributed by atoms with Gasteiger partial charge in [0.25, 0.3) is 8.32 Å². The molecular formula is C40H46O4Si. The van der Waals surface area contributed by atoms with E-state index in [1.54, 1.807) is 0 Å². The Morgan fingerprint density at radius 2 is 1.36 bits per heavy atom. The van der Waals surface area contributed by atoms with Crippen molar-refractivity contribution in [2.24, 2.45) is 28.6 Å². The second kappa shape index (κ2) is 11.8. The van der Waals surface area contributed by atoms with Gasteiger partial charge in [-0.1, -0.05) is 103 Å². The summed E-state index contributed by atoms with van der Waals surface area (Å²) in [5, 5.41) is 3.87. The van der Waals surface area contributed by atoms with Crippen molar-refractivity contribution in [3.05, 3.63) is 102 Å². The van der Waals surface area contributed by atoms with Crippen molar-refractivity contribution in [2.45, 2.75) is 78.2 Å². The fraction of sp³-hybridized carbons (Fsp3) is 0.450. The van der Waals surface area contributed by atoms with Crippen LogP contribution in [0.25, 0.3) is 0 Å². The number of esters is 1. The van der Waals surface area contributed by atoms with Crippen LogP contribution >= 0.6 is 0 Å². The molecule has 0 N–H and O–H groups in total. The molecule has 0 bridgehead atoms. The SMILES string of the molecule is CC(=O)OC[C@]12CCC(=O)C(C)=C1CC[C@@H]1[C@H]2CC[C@]2(C)C(O[Si](c3ccccc3)(c3ccccc3)c3ccccc3)CC[C@@H]12. The Labute approximate surface area is 269 Å². The Balaban J connectivity index is 1.28. The summed E-state index contributed by atoms with van der Waals surface area (Å²) in [6, 6.07) is 32.9. The molecule has 3 fully saturated rings. The number of rotatable bonds is 7. The van der Waals surface area contributed by atoms with Crippen LogP contribution in [0.2, 0.25) is 0 Å². The zero-order valence-corrected chi connectivity index (χ0v) is 28.0. The Kier molecular flexibility index (Phi) is 7.98. The van der Waals surface area contributed by atoms with E-state index < -0.39 is 8.32 Å². The number of carbonyl (C=O) groups excluding carboxylic acids is 2. The molecular weight excluding hydrogens is 573 g/mol. The van der Waals surface area contributed by atoms with E-state index in [1.165, 1.54) is 28.1 Å². The van der Waals surface area contributed by atoms with Crippen molar-refractivity contribution in [2.75, 3.05) is 6.61 Å². The van der Waals surface area contributed by atoms with Crippen molar-refractivity contribution in [1.29, 1.82) is 0 Å². The lowest BCUT2D eigenvalue weighted by Gasteiger charge is -2.59. The number of Topliss-reactive ketones (excluding diaryl/α,β-unsaturated/α-hetero) is 1. The van der Waals surface area contributed by atoms with Crippen molar-refractivity contribution in [3.63, 3.8) is 0 Å². The van der Waals surface area contributed by atoms with Gasteiger partial charge in [-0.3, -0.25) is 9.59 Å². The Morgan fingerprint density at radius 1 is 0.778 bits per heavy atom. The molecule has 0 amide bonds. The van der Waals surface area contributed by atoms with Crippen molar-refractivity contribution in [1.82, 2.24) is 0 Å². The number of ketones is 1. The van der Waals surface area contributed by atoms with Crippen LogP contribution in [-0.2, 0) is 18.8 Å². The molecule has 0 heterocycles. The molecule has 4 aliphatic rings. The smallest absolute Gasteiger partial charge is 0.302 e. The third-order valence-corrected chi connectivity index (χ3v) is 16.5. The molecule has 0 spiro atoms. The van der Waals surface area contributed by atoms with Gasteiger partial charge in [0.1, 0.15) is 6.61 Å². The predicted molar refractivity (Wildman–Crippen MR) is 181 cm³/mol. The molecule has 0 aromatic heterocycles. The second-order valence-corrected chi connectivity index (χ2v) is 17.7. The summed E-state index contributed by atoms with van der Waals surface area (Å²) in [5.74, 6) is 1.57. The zero-order valence-electron chi connectivity index (χ0n) is 27.0. The number of ether oxygens (including phenoxy) is 1. The molecule has 0 aliphatic heterocycles. The van der Waals surface area contributed by atoms with Gasteiger partial charge in [0.05, 0.1) is 6.10 Å². The normalized spacial score (nSPS) is 31.1. The van der Waals surface area contributed by atoms with Gasteiger partial charge in [-0.15, -0.1) is 0 Å². The van der Waals surface area contributed by atoms with Crippen LogP contribution in [-0.4, -0.2) is 32.8 Å². The molecule has 45 heavy (non-hydrogen) atoms. The highest BCUT2D eigenvalue weighted by Gasteiger charge is 2.62. The van der Waals surface area contributed by atoms with Crippen LogP contribution in [0.4, 0.5) is 0 Å². The molecule has 7 rings (SSSR count). The monoisotopic (exact) mass is 618 g/mol. The zero-order chi connectivity index (χ0) is 31.2. The van der Waals surface area contributed by atoms with Crippen molar-refractivity contribution >= 4 is 35.6 Å². The summed E-state index contributed by atoms with van der Waals surface area (Å²) in [6.45, 7) is 6.47. The Morgan fingerprint density at radius 3 is 1.91 bits per heavy atom. The summed E-state index contributed by atoms with van der Waals surface area (Å²) < 4.78 is 13.7. The quantitative estimate of drug-likeness (QED) is 0.172. The van der Waals surface area contributed by atoms with E-state index in [0.29, 0.717) is 30.8 Å². The average Bonchev–Trinajstić information content (AvgIpc) is 3.41. The first kappa shape index (κ1) is 30.4. The molecule has 3 saturated carbocycles. The van der Waals surface area contributed by atoms with Crippen LogP contribution < -0.4 is 15.6 Å². The molecule has 1 unspecified atom stereocenters. The van der Waals surface area contributed by atoms with Gasteiger partial charge in [-0.25, -0.2) is 0 Å². The highest BCUT2D eigenvalue weighted by Crippen LogP contribution is 2.66. The van der Waals surface area contributed by atoms with E-state index >= 15 is 0 Å². The summed E-state index contributed by atoms with van der Waals surface area (Å²) in [4.78, 5) is 25.0.